The summed E-state index contributed by atoms with van der Waals surface area (Å²) in [7, 11) is 0. The molecule has 0 aliphatic carbocycles. The van der Waals surface area contributed by atoms with Crippen molar-refractivity contribution >= 4 is 34.5 Å². The molecule has 140 valence electrons. The number of thiazole rings is 1. The summed E-state index contributed by atoms with van der Waals surface area (Å²) in [6.07, 6.45) is 5.68. The molecule has 0 fully saturated rings. The highest BCUT2D eigenvalue weighted by Gasteiger charge is 2.09. The molecule has 2 heterocycles. The van der Waals surface area contributed by atoms with Crippen LogP contribution < -0.4 is 10.1 Å². The molecule has 0 N–H and O–H groups in total. The molecule has 2 aromatic carbocycles. The Balaban J connectivity index is 1.62. The standard InChI is InChI=1S/C23H21N3OS/c1-15(2)19-11-8-18(9-12-19)14-20-22(27)26-23(28-20)24-21(25-26)13-10-17-6-4-16(3)5-7-17/h4-15H,1-3H3/b13-10+,20-14-. The van der Waals surface area contributed by atoms with Crippen molar-refractivity contribution in [3.8, 4) is 0 Å². The summed E-state index contributed by atoms with van der Waals surface area (Å²) in [6, 6.07) is 16.5. The molecule has 0 aliphatic heterocycles. The van der Waals surface area contributed by atoms with E-state index < -0.39 is 0 Å². The van der Waals surface area contributed by atoms with Gasteiger partial charge in [0.15, 0.2) is 5.82 Å². The van der Waals surface area contributed by atoms with Crippen molar-refractivity contribution < 1.29 is 0 Å². The van der Waals surface area contributed by atoms with Crippen molar-refractivity contribution in [3.63, 3.8) is 0 Å². The van der Waals surface area contributed by atoms with Gasteiger partial charge >= 0.3 is 0 Å². The van der Waals surface area contributed by atoms with E-state index in [0.717, 1.165) is 11.1 Å². The first kappa shape index (κ1) is 18.3. The third-order valence-corrected chi connectivity index (χ3v) is 5.56. The van der Waals surface area contributed by atoms with E-state index in [0.29, 0.717) is 21.2 Å². The summed E-state index contributed by atoms with van der Waals surface area (Å²) in [5.74, 6) is 1.03. The zero-order valence-corrected chi connectivity index (χ0v) is 16.9. The van der Waals surface area contributed by atoms with E-state index in [9.17, 15) is 4.79 Å². The molecule has 0 saturated carbocycles. The molecule has 0 amide bonds. The van der Waals surface area contributed by atoms with Gasteiger partial charge in [0.1, 0.15) is 0 Å². The zero-order valence-electron chi connectivity index (χ0n) is 16.1. The fourth-order valence-electron chi connectivity index (χ4n) is 2.90. The molecule has 0 bridgehead atoms. The molecule has 4 rings (SSSR count). The minimum absolute atomic E-state index is 0.129. The maximum absolute atomic E-state index is 12.6. The molecular formula is C23H21N3OS. The molecule has 0 aliphatic rings. The molecule has 0 spiro atoms. The third-order valence-electron chi connectivity index (χ3n) is 4.60. The lowest BCUT2D eigenvalue weighted by atomic mass is 10.0. The van der Waals surface area contributed by atoms with Gasteiger partial charge in [0.2, 0.25) is 4.96 Å². The summed E-state index contributed by atoms with van der Waals surface area (Å²) < 4.78 is 2.02. The summed E-state index contributed by atoms with van der Waals surface area (Å²) in [5.41, 5.74) is 4.45. The number of fused-ring (bicyclic) bond motifs is 1. The number of hydrogen-bond acceptors (Lipinski definition) is 4. The van der Waals surface area contributed by atoms with Gasteiger partial charge < -0.3 is 0 Å². The molecule has 5 heteroatoms. The Morgan fingerprint density at radius 1 is 0.964 bits per heavy atom. The lowest BCUT2D eigenvalue weighted by Gasteiger charge is -2.04. The molecule has 0 unspecified atom stereocenters. The maximum Gasteiger partial charge on any atom is 0.291 e. The van der Waals surface area contributed by atoms with Crippen LogP contribution in [0.3, 0.4) is 0 Å². The Kier molecular flexibility index (Phi) is 4.92. The van der Waals surface area contributed by atoms with Gasteiger partial charge in [-0.2, -0.15) is 9.50 Å². The van der Waals surface area contributed by atoms with Crippen molar-refractivity contribution in [1.82, 2.24) is 14.6 Å². The van der Waals surface area contributed by atoms with Crippen LogP contribution in [0, 0.1) is 6.92 Å². The van der Waals surface area contributed by atoms with Crippen LogP contribution >= 0.6 is 11.3 Å². The molecule has 28 heavy (non-hydrogen) atoms. The fraction of sp³-hybridized carbons (Fsp3) is 0.174. The summed E-state index contributed by atoms with van der Waals surface area (Å²) in [5, 5.41) is 4.34. The first-order chi connectivity index (χ1) is 13.5. The smallest absolute Gasteiger partial charge is 0.266 e. The molecule has 0 radical (unpaired) electrons. The number of rotatable bonds is 4. The average Bonchev–Trinajstić information content (AvgIpc) is 3.21. The largest absolute Gasteiger partial charge is 0.291 e. The number of aryl methyl sites for hydroxylation is 1. The van der Waals surface area contributed by atoms with Gasteiger partial charge in [-0.3, -0.25) is 4.79 Å². The van der Waals surface area contributed by atoms with Crippen LogP contribution in [0.5, 0.6) is 0 Å². The van der Waals surface area contributed by atoms with Gasteiger partial charge in [-0.1, -0.05) is 85.4 Å². The highest BCUT2D eigenvalue weighted by molar-refractivity contribution is 7.15. The van der Waals surface area contributed by atoms with Gasteiger partial charge in [-0.05, 0) is 41.7 Å². The van der Waals surface area contributed by atoms with Crippen molar-refractivity contribution in [2.75, 3.05) is 0 Å². The number of benzene rings is 2. The van der Waals surface area contributed by atoms with E-state index >= 15 is 0 Å². The van der Waals surface area contributed by atoms with Crippen molar-refractivity contribution in [2.45, 2.75) is 26.7 Å². The predicted octanol–water partition coefficient (Wildman–Crippen LogP) is 4.30. The molecule has 0 saturated heterocycles. The second-order valence-electron chi connectivity index (χ2n) is 7.15. The van der Waals surface area contributed by atoms with Crippen molar-refractivity contribution in [1.29, 1.82) is 0 Å². The van der Waals surface area contributed by atoms with Gasteiger partial charge in [-0.15, -0.1) is 5.10 Å². The Labute approximate surface area is 167 Å². The van der Waals surface area contributed by atoms with Crippen molar-refractivity contribution in [2.24, 2.45) is 0 Å². The lowest BCUT2D eigenvalue weighted by molar-refractivity contribution is 0.866. The molecular weight excluding hydrogens is 366 g/mol. The van der Waals surface area contributed by atoms with Crippen LogP contribution in [0.2, 0.25) is 0 Å². The quantitative estimate of drug-likeness (QED) is 0.524. The fourth-order valence-corrected chi connectivity index (χ4v) is 3.81. The third kappa shape index (κ3) is 3.80. The second kappa shape index (κ2) is 7.52. The first-order valence-corrected chi connectivity index (χ1v) is 10.1. The Hall–Kier alpha value is -3.05. The lowest BCUT2D eigenvalue weighted by Crippen LogP contribution is -2.23. The topological polar surface area (TPSA) is 47.3 Å². The second-order valence-corrected chi connectivity index (χ2v) is 8.15. The van der Waals surface area contributed by atoms with Crippen LogP contribution in [0.15, 0.2) is 53.3 Å². The molecule has 4 aromatic rings. The average molecular weight is 388 g/mol. The number of nitrogens with zero attached hydrogens (tertiary/aromatic N) is 3. The summed E-state index contributed by atoms with van der Waals surface area (Å²) >= 11 is 1.36. The van der Waals surface area contributed by atoms with E-state index in [1.807, 2.05) is 42.5 Å². The first-order valence-electron chi connectivity index (χ1n) is 9.25. The SMILES string of the molecule is Cc1ccc(/C=C/c2nc3s/c(=C\c4ccc(C(C)C)cc4)c(=O)n3n2)cc1. The summed E-state index contributed by atoms with van der Waals surface area (Å²) in [4.78, 5) is 17.7. The van der Waals surface area contributed by atoms with Crippen LogP contribution in [0.4, 0.5) is 0 Å². The Morgan fingerprint density at radius 2 is 1.64 bits per heavy atom. The van der Waals surface area contributed by atoms with Gasteiger partial charge in [0.05, 0.1) is 4.53 Å². The Bertz CT molecular complexity index is 1250. The van der Waals surface area contributed by atoms with Crippen molar-refractivity contribution in [3.05, 3.63) is 91.5 Å². The predicted molar refractivity (Wildman–Crippen MR) is 117 cm³/mol. The highest BCUT2D eigenvalue weighted by atomic mass is 32.1. The maximum atomic E-state index is 12.6. The van der Waals surface area contributed by atoms with E-state index in [2.05, 4.69) is 55.1 Å². The zero-order chi connectivity index (χ0) is 19.7. The van der Waals surface area contributed by atoms with Gasteiger partial charge in [0, 0.05) is 0 Å². The van der Waals surface area contributed by atoms with Gasteiger partial charge in [0.25, 0.3) is 5.56 Å². The van der Waals surface area contributed by atoms with Crippen LogP contribution in [0.25, 0.3) is 23.2 Å². The van der Waals surface area contributed by atoms with Crippen LogP contribution in [0.1, 0.15) is 47.8 Å². The van der Waals surface area contributed by atoms with E-state index in [-0.39, 0.29) is 5.56 Å². The molecule has 2 aromatic heterocycles. The highest BCUT2D eigenvalue weighted by Crippen LogP contribution is 2.15. The minimum Gasteiger partial charge on any atom is -0.266 e. The van der Waals surface area contributed by atoms with Gasteiger partial charge in [-0.25, -0.2) is 0 Å². The normalized spacial score (nSPS) is 12.6. The van der Waals surface area contributed by atoms with Crippen LogP contribution in [-0.2, 0) is 0 Å². The molecule has 0 atom stereocenters. The van der Waals surface area contributed by atoms with E-state index in [1.165, 1.54) is 27.0 Å². The summed E-state index contributed by atoms with van der Waals surface area (Å²) in [6.45, 7) is 6.39. The molecule has 4 nitrogen and oxygen atoms in total. The van der Waals surface area contributed by atoms with E-state index in [1.54, 1.807) is 0 Å². The minimum atomic E-state index is -0.129. The Morgan fingerprint density at radius 3 is 2.29 bits per heavy atom. The number of hydrogen-bond donors (Lipinski definition) is 0. The monoisotopic (exact) mass is 387 g/mol. The number of aromatic nitrogens is 3. The van der Waals surface area contributed by atoms with Crippen LogP contribution in [-0.4, -0.2) is 14.6 Å². The van der Waals surface area contributed by atoms with E-state index in [4.69, 9.17) is 0 Å².